The Morgan fingerprint density at radius 3 is 2.74 bits per heavy atom. The third-order valence-corrected chi connectivity index (χ3v) is 4.07. The minimum atomic E-state index is -0.147. The largest absolute Gasteiger partial charge is 0.352 e. The van der Waals surface area contributed by atoms with Gasteiger partial charge in [-0.1, -0.05) is 30.3 Å². The number of hydrogen-bond acceptors (Lipinski definition) is 3. The van der Waals surface area contributed by atoms with Crippen LogP contribution in [-0.2, 0) is 4.79 Å². The van der Waals surface area contributed by atoms with E-state index in [0.717, 1.165) is 30.3 Å². The second-order valence-electron chi connectivity index (χ2n) is 5.83. The number of amides is 2. The van der Waals surface area contributed by atoms with E-state index in [1.165, 1.54) is 0 Å². The van der Waals surface area contributed by atoms with Gasteiger partial charge in [-0.25, -0.2) is 0 Å². The fourth-order valence-corrected chi connectivity index (χ4v) is 2.80. The van der Waals surface area contributed by atoms with Crippen molar-refractivity contribution in [1.29, 1.82) is 0 Å². The highest BCUT2D eigenvalue weighted by Crippen LogP contribution is 2.15. The molecule has 0 bridgehead atoms. The first-order valence-corrected chi connectivity index (χ1v) is 7.99. The van der Waals surface area contributed by atoms with Crippen molar-refractivity contribution >= 4 is 22.6 Å². The number of fused-ring (bicyclic) bond motifs is 1. The van der Waals surface area contributed by atoms with Crippen LogP contribution >= 0.6 is 0 Å². The zero-order valence-electron chi connectivity index (χ0n) is 13.0. The molecule has 1 saturated heterocycles. The number of nitrogens with one attached hydrogen (secondary N) is 3. The summed E-state index contributed by atoms with van der Waals surface area (Å²) in [5.41, 5.74) is 0.615. The zero-order valence-corrected chi connectivity index (χ0v) is 13.0. The lowest BCUT2D eigenvalue weighted by Crippen LogP contribution is -2.38. The van der Waals surface area contributed by atoms with Gasteiger partial charge in [-0.15, -0.1) is 0 Å². The van der Waals surface area contributed by atoms with Crippen LogP contribution in [0.15, 0.2) is 42.5 Å². The maximum absolute atomic E-state index is 12.2. The van der Waals surface area contributed by atoms with Crippen molar-refractivity contribution < 1.29 is 9.59 Å². The molecule has 0 spiro atoms. The monoisotopic (exact) mass is 311 g/mol. The van der Waals surface area contributed by atoms with Gasteiger partial charge in [-0.05, 0) is 35.9 Å². The third-order valence-electron chi connectivity index (χ3n) is 4.07. The molecule has 0 aromatic heterocycles. The molecule has 2 aromatic rings. The normalized spacial score (nSPS) is 17.1. The average molecular weight is 311 g/mol. The smallest absolute Gasteiger partial charge is 0.251 e. The van der Waals surface area contributed by atoms with Crippen LogP contribution in [0.2, 0.25) is 0 Å². The van der Waals surface area contributed by atoms with E-state index in [1.807, 2.05) is 42.5 Å². The highest BCUT2D eigenvalue weighted by molar-refractivity contribution is 5.98. The summed E-state index contributed by atoms with van der Waals surface area (Å²) in [5.74, 6) is -0.163. The van der Waals surface area contributed by atoms with E-state index in [9.17, 15) is 9.59 Å². The quantitative estimate of drug-likeness (QED) is 0.782. The molecule has 2 amide bonds. The van der Waals surface area contributed by atoms with E-state index in [4.69, 9.17) is 0 Å². The molecule has 3 N–H and O–H groups in total. The van der Waals surface area contributed by atoms with Gasteiger partial charge in [0.05, 0.1) is 0 Å². The van der Waals surface area contributed by atoms with Crippen LogP contribution in [0.3, 0.4) is 0 Å². The molecule has 1 unspecified atom stereocenters. The molecular formula is C18H21N3O2. The predicted molar refractivity (Wildman–Crippen MR) is 90.3 cm³/mol. The molecule has 0 aliphatic carbocycles. The minimum Gasteiger partial charge on any atom is -0.352 e. The standard InChI is InChI=1S/C18H21N3O2/c22-17(21-16-7-9-19-12-16)8-10-20-18(23)15-6-5-13-3-1-2-4-14(13)11-15/h1-6,11,16,19H,7-10,12H2,(H,20,23)(H,21,22). The van der Waals surface area contributed by atoms with Crippen LogP contribution in [0.1, 0.15) is 23.2 Å². The summed E-state index contributed by atoms with van der Waals surface area (Å²) >= 11 is 0. The van der Waals surface area contributed by atoms with Crippen molar-refractivity contribution in [3.05, 3.63) is 48.0 Å². The first-order valence-electron chi connectivity index (χ1n) is 7.99. The lowest BCUT2D eigenvalue weighted by Gasteiger charge is -2.11. The molecule has 2 aromatic carbocycles. The SMILES string of the molecule is O=C(CCNC(=O)c1ccc2ccccc2c1)NC1CCNC1. The number of carbonyl (C=O) groups is 2. The molecule has 1 fully saturated rings. The number of carbonyl (C=O) groups excluding carboxylic acids is 2. The molecular weight excluding hydrogens is 290 g/mol. The molecule has 5 heteroatoms. The van der Waals surface area contributed by atoms with E-state index >= 15 is 0 Å². The first-order chi connectivity index (χ1) is 11.2. The van der Waals surface area contributed by atoms with Gasteiger partial charge in [0, 0.05) is 31.1 Å². The van der Waals surface area contributed by atoms with E-state index in [-0.39, 0.29) is 17.9 Å². The Morgan fingerprint density at radius 1 is 1.13 bits per heavy atom. The summed E-state index contributed by atoms with van der Waals surface area (Å²) in [7, 11) is 0. The van der Waals surface area contributed by atoms with E-state index < -0.39 is 0 Å². The van der Waals surface area contributed by atoms with Crippen molar-refractivity contribution in [3.8, 4) is 0 Å². The van der Waals surface area contributed by atoms with Crippen molar-refractivity contribution in [1.82, 2.24) is 16.0 Å². The first kappa shape index (κ1) is 15.5. The van der Waals surface area contributed by atoms with Crippen molar-refractivity contribution in [2.75, 3.05) is 19.6 Å². The molecule has 0 radical (unpaired) electrons. The Kier molecular flexibility index (Phi) is 4.88. The van der Waals surface area contributed by atoms with Gasteiger partial charge in [-0.3, -0.25) is 9.59 Å². The van der Waals surface area contributed by atoms with Crippen molar-refractivity contribution in [2.24, 2.45) is 0 Å². The van der Waals surface area contributed by atoms with Gasteiger partial charge >= 0.3 is 0 Å². The molecule has 1 atom stereocenters. The van der Waals surface area contributed by atoms with Crippen LogP contribution in [0, 0.1) is 0 Å². The number of rotatable bonds is 5. The van der Waals surface area contributed by atoms with Gasteiger partial charge in [0.25, 0.3) is 5.91 Å². The molecule has 0 saturated carbocycles. The lowest BCUT2D eigenvalue weighted by atomic mass is 10.1. The molecule has 3 rings (SSSR count). The molecule has 1 aliphatic heterocycles. The molecule has 1 heterocycles. The Hall–Kier alpha value is -2.40. The van der Waals surface area contributed by atoms with E-state index in [1.54, 1.807) is 0 Å². The topological polar surface area (TPSA) is 70.2 Å². The van der Waals surface area contributed by atoms with Gasteiger partial charge < -0.3 is 16.0 Å². The average Bonchev–Trinajstić information content (AvgIpc) is 3.07. The summed E-state index contributed by atoms with van der Waals surface area (Å²) in [4.78, 5) is 24.0. The lowest BCUT2D eigenvalue weighted by molar-refractivity contribution is -0.121. The molecule has 120 valence electrons. The van der Waals surface area contributed by atoms with E-state index in [0.29, 0.717) is 18.5 Å². The summed E-state index contributed by atoms with van der Waals surface area (Å²) in [6.07, 6.45) is 1.27. The molecule has 5 nitrogen and oxygen atoms in total. The van der Waals surface area contributed by atoms with Crippen LogP contribution < -0.4 is 16.0 Å². The maximum atomic E-state index is 12.2. The zero-order chi connectivity index (χ0) is 16.1. The maximum Gasteiger partial charge on any atom is 0.251 e. The van der Waals surface area contributed by atoms with Crippen LogP contribution in [-0.4, -0.2) is 37.5 Å². The van der Waals surface area contributed by atoms with Crippen molar-refractivity contribution in [2.45, 2.75) is 18.9 Å². The van der Waals surface area contributed by atoms with Crippen LogP contribution in [0.25, 0.3) is 10.8 Å². The minimum absolute atomic E-state index is 0.0162. The van der Waals surface area contributed by atoms with Gasteiger partial charge in [-0.2, -0.15) is 0 Å². The fraction of sp³-hybridized carbons (Fsp3) is 0.333. The molecule has 23 heavy (non-hydrogen) atoms. The van der Waals surface area contributed by atoms with Crippen LogP contribution in [0.4, 0.5) is 0 Å². The fourth-order valence-electron chi connectivity index (χ4n) is 2.80. The Balaban J connectivity index is 1.49. The number of benzene rings is 2. The predicted octanol–water partition coefficient (Wildman–Crippen LogP) is 1.44. The summed E-state index contributed by atoms with van der Waals surface area (Å²) in [5, 5.41) is 11.1. The highest BCUT2D eigenvalue weighted by Gasteiger charge is 2.16. The third kappa shape index (κ3) is 4.07. The highest BCUT2D eigenvalue weighted by atomic mass is 16.2. The van der Waals surface area contributed by atoms with Gasteiger partial charge in [0.15, 0.2) is 0 Å². The van der Waals surface area contributed by atoms with Crippen LogP contribution in [0.5, 0.6) is 0 Å². The molecule has 1 aliphatic rings. The second kappa shape index (κ2) is 7.24. The Morgan fingerprint density at radius 2 is 1.96 bits per heavy atom. The summed E-state index contributed by atoms with van der Waals surface area (Å²) < 4.78 is 0. The van der Waals surface area contributed by atoms with Gasteiger partial charge in [0.1, 0.15) is 0 Å². The van der Waals surface area contributed by atoms with E-state index in [2.05, 4.69) is 16.0 Å². The summed E-state index contributed by atoms with van der Waals surface area (Å²) in [6.45, 7) is 2.12. The van der Waals surface area contributed by atoms with Gasteiger partial charge in [0.2, 0.25) is 5.91 Å². The second-order valence-corrected chi connectivity index (χ2v) is 5.83. The number of hydrogen-bond donors (Lipinski definition) is 3. The Labute approximate surface area is 135 Å². The summed E-state index contributed by atoms with van der Waals surface area (Å²) in [6, 6.07) is 13.8. The van der Waals surface area contributed by atoms with Crippen molar-refractivity contribution in [3.63, 3.8) is 0 Å². The Bertz CT molecular complexity index is 708.